The van der Waals surface area contributed by atoms with Gasteiger partial charge in [-0.1, -0.05) is 30.3 Å². The number of Topliss-reactive ketones (excluding diaryl/α,β-unsaturated/α-hetero) is 1. The maximum Gasteiger partial charge on any atom is 0.365 e. The number of ketones is 1. The van der Waals surface area contributed by atoms with Gasteiger partial charge in [-0.05, 0) is 24.3 Å². The van der Waals surface area contributed by atoms with Crippen LogP contribution in [-0.2, 0) is 19.1 Å². The molecule has 1 fully saturated rings. The van der Waals surface area contributed by atoms with E-state index in [0.29, 0.717) is 10.6 Å². The Morgan fingerprint density at radius 2 is 1.61 bits per heavy atom. The summed E-state index contributed by atoms with van der Waals surface area (Å²) in [7, 11) is 2.44. The van der Waals surface area contributed by atoms with E-state index < -0.39 is 34.7 Å². The van der Waals surface area contributed by atoms with Gasteiger partial charge in [0.15, 0.2) is 0 Å². The fraction of sp³-hybridized carbons (Fsp3) is 0.150. The summed E-state index contributed by atoms with van der Waals surface area (Å²) in [5, 5.41) is 21.8. The smallest absolute Gasteiger partial charge is 0.365 e. The summed E-state index contributed by atoms with van der Waals surface area (Å²) >= 11 is 0. The summed E-state index contributed by atoms with van der Waals surface area (Å²) in [6.45, 7) is 0. The first kappa shape index (κ1) is 19.1. The number of hydrogen-bond donors (Lipinski definition) is 2. The Morgan fingerprint density at radius 1 is 1.00 bits per heavy atom. The van der Waals surface area contributed by atoms with Gasteiger partial charge in [0.2, 0.25) is 0 Å². The summed E-state index contributed by atoms with van der Waals surface area (Å²) in [6, 6.07) is 13.5. The average molecular weight is 383 g/mol. The maximum atomic E-state index is 12.7. The van der Waals surface area contributed by atoms with Crippen molar-refractivity contribution in [3.63, 3.8) is 0 Å². The molecule has 28 heavy (non-hydrogen) atoms. The molecular formula is C20H17NO7. The fourth-order valence-corrected chi connectivity index (χ4v) is 3.01. The van der Waals surface area contributed by atoms with Gasteiger partial charge in [0.05, 0.1) is 14.2 Å². The van der Waals surface area contributed by atoms with E-state index in [-0.39, 0.29) is 11.3 Å². The van der Waals surface area contributed by atoms with Crippen molar-refractivity contribution in [3.05, 3.63) is 65.7 Å². The Kier molecular flexibility index (Phi) is 4.89. The molecule has 8 nitrogen and oxygen atoms in total. The van der Waals surface area contributed by atoms with E-state index in [1.165, 1.54) is 43.5 Å². The molecule has 0 saturated carbocycles. The van der Waals surface area contributed by atoms with E-state index >= 15 is 0 Å². The van der Waals surface area contributed by atoms with Gasteiger partial charge in [0.25, 0.3) is 11.5 Å². The molecule has 0 bridgehead atoms. The van der Waals surface area contributed by atoms with Crippen LogP contribution >= 0.6 is 0 Å². The molecule has 1 saturated heterocycles. The Hall–Kier alpha value is -3.65. The molecule has 1 amide bonds. The number of ether oxygens (including phenoxy) is 2. The summed E-state index contributed by atoms with van der Waals surface area (Å²) < 4.78 is 9.69. The van der Waals surface area contributed by atoms with Crippen LogP contribution in [0.15, 0.2) is 60.2 Å². The highest BCUT2D eigenvalue weighted by atomic mass is 16.5. The number of carbonyl (C=O) groups excluding carboxylic acids is 3. The Balaban J connectivity index is 2.25. The van der Waals surface area contributed by atoms with Crippen LogP contribution in [0.25, 0.3) is 5.76 Å². The molecule has 0 aromatic heterocycles. The van der Waals surface area contributed by atoms with Crippen LogP contribution in [0.3, 0.4) is 0 Å². The number of hydrogen-bond acceptors (Lipinski definition) is 7. The Labute approximate surface area is 160 Å². The molecule has 144 valence electrons. The van der Waals surface area contributed by atoms with Crippen LogP contribution in [-0.4, -0.2) is 47.8 Å². The third kappa shape index (κ3) is 2.80. The van der Waals surface area contributed by atoms with Crippen molar-refractivity contribution < 1.29 is 34.1 Å². The van der Waals surface area contributed by atoms with Crippen LogP contribution in [0.5, 0.6) is 5.75 Å². The van der Waals surface area contributed by atoms with Gasteiger partial charge >= 0.3 is 11.9 Å². The van der Waals surface area contributed by atoms with Gasteiger partial charge in [0.1, 0.15) is 17.1 Å². The maximum absolute atomic E-state index is 12.7. The predicted molar refractivity (Wildman–Crippen MR) is 98.4 cm³/mol. The number of benzene rings is 2. The van der Waals surface area contributed by atoms with Gasteiger partial charge in [-0.15, -0.1) is 0 Å². The van der Waals surface area contributed by atoms with Crippen molar-refractivity contribution >= 4 is 29.1 Å². The quantitative estimate of drug-likeness (QED) is 0.355. The number of rotatable bonds is 4. The standard InChI is InChI=1S/C20H17NO7/c1-27-14-10-8-13(9-11-14)21-18(24)17(23)15(20(21,26)19(25)28-2)16(22)12-6-4-3-5-7-12/h3-11,22,26H,1-2H3/b16-15-/t20-/m1/s1. The molecule has 2 aromatic rings. The second-order valence-electron chi connectivity index (χ2n) is 5.92. The molecular weight excluding hydrogens is 366 g/mol. The van der Waals surface area contributed by atoms with Gasteiger partial charge in [-0.2, -0.15) is 0 Å². The molecule has 1 heterocycles. The van der Waals surface area contributed by atoms with Gasteiger partial charge in [-0.25, -0.2) is 4.79 Å². The first-order chi connectivity index (χ1) is 13.4. The van der Waals surface area contributed by atoms with Crippen molar-refractivity contribution in [2.45, 2.75) is 5.72 Å². The summed E-state index contributed by atoms with van der Waals surface area (Å²) in [5.41, 5.74) is -3.41. The number of amides is 1. The molecule has 1 aliphatic rings. The van der Waals surface area contributed by atoms with Gasteiger partial charge in [-0.3, -0.25) is 14.5 Å². The minimum absolute atomic E-state index is 0.0444. The summed E-state index contributed by atoms with van der Waals surface area (Å²) in [4.78, 5) is 38.4. The van der Waals surface area contributed by atoms with Gasteiger partial charge in [0, 0.05) is 11.3 Å². The van der Waals surface area contributed by atoms with E-state index in [1.807, 2.05) is 0 Å². The van der Waals surface area contributed by atoms with Crippen LogP contribution in [0, 0.1) is 0 Å². The predicted octanol–water partition coefficient (Wildman–Crippen LogP) is 1.44. The zero-order chi connectivity index (χ0) is 20.5. The normalized spacial score (nSPS) is 20.9. The summed E-state index contributed by atoms with van der Waals surface area (Å²) in [5.74, 6) is -3.92. The number of esters is 1. The van der Waals surface area contributed by atoms with Crippen LogP contribution in [0.1, 0.15) is 5.56 Å². The van der Waals surface area contributed by atoms with Crippen molar-refractivity contribution in [2.24, 2.45) is 0 Å². The molecule has 2 N–H and O–H groups in total. The van der Waals surface area contributed by atoms with Crippen LogP contribution in [0.4, 0.5) is 5.69 Å². The number of aliphatic hydroxyl groups is 2. The highest BCUT2D eigenvalue weighted by molar-refractivity contribution is 6.54. The Morgan fingerprint density at radius 3 is 2.14 bits per heavy atom. The van der Waals surface area contributed by atoms with E-state index in [1.54, 1.807) is 18.2 Å². The van der Waals surface area contributed by atoms with E-state index in [0.717, 1.165) is 7.11 Å². The highest BCUT2D eigenvalue weighted by Crippen LogP contribution is 2.40. The SMILES string of the molecule is COC(=O)[C@]1(O)/C(=C(\O)c2ccccc2)C(=O)C(=O)N1c1ccc(OC)cc1. The van der Waals surface area contributed by atoms with Crippen LogP contribution in [0.2, 0.25) is 0 Å². The lowest BCUT2D eigenvalue weighted by atomic mass is 9.97. The molecule has 0 radical (unpaired) electrons. The lowest BCUT2D eigenvalue weighted by Gasteiger charge is -2.30. The fourth-order valence-electron chi connectivity index (χ4n) is 3.01. The second-order valence-corrected chi connectivity index (χ2v) is 5.92. The molecule has 0 aliphatic carbocycles. The second kappa shape index (κ2) is 7.16. The first-order valence-electron chi connectivity index (χ1n) is 8.19. The summed E-state index contributed by atoms with van der Waals surface area (Å²) in [6.07, 6.45) is 0. The lowest BCUT2D eigenvalue weighted by Crippen LogP contribution is -2.54. The zero-order valence-corrected chi connectivity index (χ0v) is 15.1. The van der Waals surface area contributed by atoms with Crippen LogP contribution < -0.4 is 9.64 Å². The average Bonchev–Trinajstić information content (AvgIpc) is 2.94. The van der Waals surface area contributed by atoms with Crippen molar-refractivity contribution in [2.75, 3.05) is 19.1 Å². The number of anilines is 1. The molecule has 1 atom stereocenters. The van der Waals surface area contributed by atoms with Gasteiger partial charge < -0.3 is 19.7 Å². The highest BCUT2D eigenvalue weighted by Gasteiger charge is 2.62. The molecule has 0 spiro atoms. The van der Waals surface area contributed by atoms with Crippen molar-refractivity contribution in [3.8, 4) is 5.75 Å². The topological polar surface area (TPSA) is 113 Å². The monoisotopic (exact) mass is 383 g/mol. The third-order valence-electron chi connectivity index (χ3n) is 4.38. The number of aliphatic hydroxyl groups excluding tert-OH is 1. The Bertz CT molecular complexity index is 966. The largest absolute Gasteiger partial charge is 0.507 e. The first-order valence-corrected chi connectivity index (χ1v) is 8.19. The van der Waals surface area contributed by atoms with E-state index in [2.05, 4.69) is 4.74 Å². The zero-order valence-electron chi connectivity index (χ0n) is 15.1. The minimum Gasteiger partial charge on any atom is -0.507 e. The molecule has 1 aliphatic heterocycles. The third-order valence-corrected chi connectivity index (χ3v) is 4.38. The van der Waals surface area contributed by atoms with E-state index in [9.17, 15) is 24.6 Å². The van der Waals surface area contributed by atoms with Crippen molar-refractivity contribution in [1.82, 2.24) is 0 Å². The lowest BCUT2D eigenvalue weighted by molar-refractivity contribution is -0.158. The van der Waals surface area contributed by atoms with E-state index in [4.69, 9.17) is 4.74 Å². The number of nitrogens with zero attached hydrogens (tertiary/aromatic N) is 1. The number of carbonyl (C=O) groups is 3. The van der Waals surface area contributed by atoms with Crippen molar-refractivity contribution in [1.29, 1.82) is 0 Å². The molecule has 3 rings (SSSR count). The molecule has 0 unspecified atom stereocenters. The molecule has 2 aromatic carbocycles. The molecule has 8 heteroatoms. The minimum atomic E-state index is -2.84. The number of methoxy groups -OCH3 is 2.